The zero-order chi connectivity index (χ0) is 18.2. The van der Waals surface area contributed by atoms with Crippen molar-refractivity contribution in [1.82, 2.24) is 10.2 Å². The molecule has 3 atom stereocenters. The van der Waals surface area contributed by atoms with E-state index < -0.39 is 5.97 Å². The van der Waals surface area contributed by atoms with Crippen LogP contribution in [0.25, 0.3) is 0 Å². The number of hydrogen-bond donors (Lipinski definition) is 2. The monoisotopic (exact) mass is 354 g/mol. The van der Waals surface area contributed by atoms with Crippen LogP contribution in [0.5, 0.6) is 0 Å². The summed E-state index contributed by atoms with van der Waals surface area (Å²) in [6, 6.07) is -0.0979. The molecule has 0 aromatic rings. The number of nitrogens with one attached hydrogen (secondary N) is 1. The highest BCUT2D eigenvalue weighted by molar-refractivity contribution is 5.87. The van der Waals surface area contributed by atoms with Crippen molar-refractivity contribution in [2.45, 2.75) is 44.7 Å². The molecule has 2 N–H and O–H groups in total. The molecule has 1 heterocycles. The van der Waals surface area contributed by atoms with Gasteiger partial charge in [-0.1, -0.05) is 6.08 Å². The first-order valence-electron chi connectivity index (χ1n) is 9.03. The van der Waals surface area contributed by atoms with E-state index >= 15 is 0 Å². The number of carboxylic acid groups (broad SMARTS) is 1. The van der Waals surface area contributed by atoms with Crippen LogP contribution in [0.4, 0.5) is 0 Å². The van der Waals surface area contributed by atoms with Gasteiger partial charge in [0.15, 0.2) is 0 Å². The predicted octanol–water partition coefficient (Wildman–Crippen LogP) is 1.04. The van der Waals surface area contributed by atoms with Crippen LogP contribution in [0.2, 0.25) is 0 Å². The van der Waals surface area contributed by atoms with Crippen LogP contribution < -0.4 is 5.32 Å². The molecule has 0 spiro atoms. The fourth-order valence-electron chi connectivity index (χ4n) is 3.74. The number of ether oxygens (including phenoxy) is 2. The van der Waals surface area contributed by atoms with E-state index in [4.69, 9.17) is 9.47 Å². The van der Waals surface area contributed by atoms with Gasteiger partial charge in [-0.2, -0.15) is 0 Å². The van der Waals surface area contributed by atoms with E-state index in [2.05, 4.69) is 10.2 Å². The van der Waals surface area contributed by atoms with Crippen molar-refractivity contribution in [3.63, 3.8) is 0 Å². The Labute approximate surface area is 149 Å². The number of rotatable bonds is 8. The standard InChI is InChI=1S/C18H30N2O5/c1-13(21)19-16-6-5-15(18(22)23)10-17(16)20-7-3-4-14(11-20)12-25-9-8-24-2/h10,14,16-17H,3-9,11-12H2,1-2H3,(H,19,21)(H,22,23)/t14-,16+,17-/m0/s1. The van der Waals surface area contributed by atoms with Crippen molar-refractivity contribution in [3.05, 3.63) is 11.6 Å². The molecule has 1 saturated heterocycles. The van der Waals surface area contributed by atoms with Crippen molar-refractivity contribution in [2.24, 2.45) is 5.92 Å². The summed E-state index contributed by atoms with van der Waals surface area (Å²) in [5, 5.41) is 12.3. The highest BCUT2D eigenvalue weighted by atomic mass is 16.5. The minimum atomic E-state index is -0.859. The molecule has 142 valence electrons. The summed E-state index contributed by atoms with van der Waals surface area (Å²) in [5.74, 6) is -0.506. The third-order valence-corrected chi connectivity index (χ3v) is 4.93. The number of piperidine rings is 1. The normalized spacial score (nSPS) is 27.6. The zero-order valence-electron chi connectivity index (χ0n) is 15.2. The summed E-state index contributed by atoms with van der Waals surface area (Å²) < 4.78 is 10.7. The third-order valence-electron chi connectivity index (χ3n) is 4.93. The zero-order valence-corrected chi connectivity index (χ0v) is 15.2. The lowest BCUT2D eigenvalue weighted by Crippen LogP contribution is -2.55. The maximum absolute atomic E-state index is 11.5. The first-order chi connectivity index (χ1) is 12.0. The van der Waals surface area contributed by atoms with E-state index in [9.17, 15) is 14.7 Å². The largest absolute Gasteiger partial charge is 0.478 e. The van der Waals surface area contributed by atoms with E-state index in [0.717, 1.165) is 25.9 Å². The van der Waals surface area contributed by atoms with Gasteiger partial charge in [0, 0.05) is 38.2 Å². The lowest BCUT2D eigenvalue weighted by Gasteiger charge is -2.42. The summed E-state index contributed by atoms with van der Waals surface area (Å²) >= 11 is 0. The summed E-state index contributed by atoms with van der Waals surface area (Å²) in [6.45, 7) is 5.15. The maximum Gasteiger partial charge on any atom is 0.331 e. The lowest BCUT2D eigenvalue weighted by atomic mass is 9.87. The molecule has 2 rings (SSSR count). The van der Waals surface area contributed by atoms with E-state index in [1.165, 1.54) is 6.92 Å². The highest BCUT2D eigenvalue weighted by Crippen LogP contribution is 2.27. The van der Waals surface area contributed by atoms with Gasteiger partial charge in [0.05, 0.1) is 19.8 Å². The summed E-state index contributed by atoms with van der Waals surface area (Å²) in [5.41, 5.74) is 0.449. The van der Waals surface area contributed by atoms with Gasteiger partial charge in [0.1, 0.15) is 0 Å². The highest BCUT2D eigenvalue weighted by Gasteiger charge is 2.34. The summed E-state index contributed by atoms with van der Waals surface area (Å²) in [7, 11) is 1.66. The van der Waals surface area contributed by atoms with Crippen LogP contribution in [0.1, 0.15) is 32.6 Å². The van der Waals surface area contributed by atoms with Crippen LogP contribution in [0, 0.1) is 5.92 Å². The minimum Gasteiger partial charge on any atom is -0.478 e. The molecule has 0 radical (unpaired) electrons. The maximum atomic E-state index is 11.5. The number of methoxy groups -OCH3 is 1. The van der Waals surface area contributed by atoms with Crippen LogP contribution >= 0.6 is 0 Å². The average molecular weight is 354 g/mol. The summed E-state index contributed by atoms with van der Waals surface area (Å²) in [6.07, 6.45) is 5.15. The second kappa shape index (κ2) is 9.89. The molecule has 7 nitrogen and oxygen atoms in total. The fourth-order valence-corrected chi connectivity index (χ4v) is 3.74. The molecule has 1 aliphatic heterocycles. The number of hydrogen-bond acceptors (Lipinski definition) is 5. The van der Waals surface area contributed by atoms with E-state index in [-0.39, 0.29) is 18.0 Å². The Hall–Kier alpha value is -1.44. The quantitative estimate of drug-likeness (QED) is 0.633. The van der Waals surface area contributed by atoms with Crippen LogP contribution in [-0.4, -0.2) is 74.0 Å². The first-order valence-corrected chi connectivity index (χ1v) is 9.03. The van der Waals surface area contributed by atoms with Crippen molar-refractivity contribution in [1.29, 1.82) is 0 Å². The molecule has 1 amide bonds. The second-order valence-corrected chi connectivity index (χ2v) is 6.90. The van der Waals surface area contributed by atoms with E-state index in [1.807, 2.05) is 6.08 Å². The molecule has 0 aromatic carbocycles. The molecule has 0 saturated carbocycles. The third kappa shape index (κ3) is 6.09. The Morgan fingerprint density at radius 1 is 1.36 bits per heavy atom. The minimum absolute atomic E-state index is 0.0336. The van der Waals surface area contributed by atoms with E-state index in [0.29, 0.717) is 44.2 Å². The van der Waals surface area contributed by atoms with Gasteiger partial charge < -0.3 is 19.9 Å². The molecule has 25 heavy (non-hydrogen) atoms. The van der Waals surface area contributed by atoms with Gasteiger partial charge in [0.25, 0.3) is 0 Å². The number of nitrogens with zero attached hydrogens (tertiary/aromatic N) is 1. The van der Waals surface area contributed by atoms with Crippen LogP contribution in [0.15, 0.2) is 11.6 Å². The number of carboxylic acids is 1. The van der Waals surface area contributed by atoms with Crippen molar-refractivity contribution in [3.8, 4) is 0 Å². The molecule has 1 fully saturated rings. The van der Waals surface area contributed by atoms with Gasteiger partial charge in [0.2, 0.25) is 5.91 Å². The number of amides is 1. The molecule has 1 aliphatic carbocycles. The van der Waals surface area contributed by atoms with Crippen molar-refractivity contribution in [2.75, 3.05) is 40.0 Å². The van der Waals surface area contributed by atoms with Crippen LogP contribution in [0.3, 0.4) is 0 Å². The van der Waals surface area contributed by atoms with Gasteiger partial charge in [-0.3, -0.25) is 9.69 Å². The molecule has 2 aliphatic rings. The summed E-state index contributed by atoms with van der Waals surface area (Å²) in [4.78, 5) is 25.2. The Balaban J connectivity index is 2.01. The second-order valence-electron chi connectivity index (χ2n) is 6.90. The number of carbonyl (C=O) groups is 2. The average Bonchev–Trinajstić information content (AvgIpc) is 2.58. The van der Waals surface area contributed by atoms with Gasteiger partial charge in [-0.25, -0.2) is 4.79 Å². The first kappa shape index (κ1) is 19.9. The van der Waals surface area contributed by atoms with Crippen LogP contribution in [-0.2, 0) is 19.1 Å². The Bertz CT molecular complexity index is 494. The van der Waals surface area contributed by atoms with Gasteiger partial charge in [-0.05, 0) is 38.1 Å². The topological polar surface area (TPSA) is 88.1 Å². The van der Waals surface area contributed by atoms with Crippen molar-refractivity contribution >= 4 is 11.9 Å². The fraction of sp³-hybridized carbons (Fsp3) is 0.778. The Morgan fingerprint density at radius 2 is 2.16 bits per heavy atom. The molecular formula is C18H30N2O5. The molecule has 7 heteroatoms. The molecule has 0 bridgehead atoms. The van der Waals surface area contributed by atoms with Crippen molar-refractivity contribution < 1.29 is 24.2 Å². The Morgan fingerprint density at radius 3 is 2.84 bits per heavy atom. The molecule has 0 unspecified atom stereocenters. The molecular weight excluding hydrogens is 324 g/mol. The van der Waals surface area contributed by atoms with E-state index in [1.54, 1.807) is 7.11 Å². The predicted molar refractivity (Wildman–Crippen MR) is 93.3 cm³/mol. The lowest BCUT2D eigenvalue weighted by molar-refractivity contribution is -0.133. The SMILES string of the molecule is COCCOC[C@H]1CCCN([C@H]2C=C(C(=O)O)CC[C@H]2NC(C)=O)C1. The number of aliphatic carboxylic acids is 1. The molecule has 0 aromatic heterocycles. The number of likely N-dealkylation sites (tertiary alicyclic amines) is 1. The van der Waals surface area contributed by atoms with Gasteiger partial charge in [-0.15, -0.1) is 0 Å². The van der Waals surface area contributed by atoms with Gasteiger partial charge >= 0.3 is 5.97 Å². The smallest absolute Gasteiger partial charge is 0.331 e. The number of carbonyl (C=O) groups excluding carboxylic acids is 1. The Kier molecular flexibility index (Phi) is 7.87.